The summed E-state index contributed by atoms with van der Waals surface area (Å²) >= 11 is 0. The van der Waals surface area contributed by atoms with Gasteiger partial charge in [0.2, 0.25) is 0 Å². The van der Waals surface area contributed by atoms with Crippen molar-refractivity contribution in [3.63, 3.8) is 0 Å². The molecule has 0 aromatic rings. The Hall–Kier alpha value is -0.398. The summed E-state index contributed by atoms with van der Waals surface area (Å²) in [5.41, 5.74) is 0. The molecule has 8 nitrogen and oxygen atoms in total. The number of halogens is 1. The van der Waals surface area contributed by atoms with E-state index in [0.717, 1.165) is 0 Å². The van der Waals surface area contributed by atoms with E-state index in [1.165, 1.54) is 0 Å². The smallest absolute Gasteiger partial charge is 0.543 e. The standard InChI is InChI=1S/C2HFO4.C2H2O4.3Li/c3-7-2(6)1(4)5;3-1(4)2(5)6;;;/h(H,4,5);(H,3,4)(H,5,6);;;/q;;3*+1/p-3. The monoisotopic (exact) mass is 216 g/mol. The van der Waals surface area contributed by atoms with Crippen molar-refractivity contribution in [3.8, 4) is 0 Å². The predicted octanol–water partition coefficient (Wildman–Crippen LogP) is -14.3. The first-order chi connectivity index (χ1) is 5.82. The van der Waals surface area contributed by atoms with Crippen LogP contribution >= 0.6 is 0 Å². The molecule has 0 unspecified atom stereocenters. The van der Waals surface area contributed by atoms with Crippen LogP contribution < -0.4 is 71.9 Å². The normalized spacial score (nSPS) is 6.06. The molecule has 0 atom stereocenters. The second kappa shape index (κ2) is 17.0. The predicted molar refractivity (Wildman–Crippen MR) is 22.2 cm³/mol. The molecule has 0 radical (unpaired) electrons. The van der Waals surface area contributed by atoms with Crippen molar-refractivity contribution < 1.29 is 101 Å². The van der Waals surface area contributed by atoms with Gasteiger partial charge in [-0.2, -0.15) is 0 Å². The van der Waals surface area contributed by atoms with Crippen LogP contribution in [0.15, 0.2) is 0 Å². The average Bonchev–Trinajstić information content (AvgIpc) is 2.03. The van der Waals surface area contributed by atoms with E-state index < -0.39 is 23.9 Å². The number of hydrogen-bond donors (Lipinski definition) is 0. The number of carbonyl (C=O) groups is 4. The van der Waals surface area contributed by atoms with Crippen molar-refractivity contribution in [3.05, 3.63) is 0 Å². The van der Waals surface area contributed by atoms with Gasteiger partial charge >= 0.3 is 62.6 Å². The van der Waals surface area contributed by atoms with Gasteiger partial charge in [-0.25, -0.2) is 9.74 Å². The average molecular weight is 216 g/mol. The van der Waals surface area contributed by atoms with Gasteiger partial charge in [0.05, 0.1) is 11.9 Å². The second-order valence-electron chi connectivity index (χ2n) is 1.23. The van der Waals surface area contributed by atoms with Crippen molar-refractivity contribution in [1.82, 2.24) is 0 Å². The number of carboxylic acids is 3. The Kier molecular flexibility index (Phi) is 31.5. The molecule has 0 saturated heterocycles. The van der Waals surface area contributed by atoms with E-state index in [1.807, 2.05) is 0 Å². The van der Waals surface area contributed by atoms with Gasteiger partial charge in [-0.05, 0) is 0 Å². The van der Waals surface area contributed by atoms with Crippen LogP contribution in [-0.4, -0.2) is 23.9 Å². The summed E-state index contributed by atoms with van der Waals surface area (Å²) in [7, 11) is 0. The Morgan fingerprint density at radius 1 is 0.750 bits per heavy atom. The third-order valence-corrected chi connectivity index (χ3v) is 0.403. The van der Waals surface area contributed by atoms with Crippen molar-refractivity contribution in [2.45, 2.75) is 0 Å². The summed E-state index contributed by atoms with van der Waals surface area (Å²) in [6, 6.07) is 0. The van der Waals surface area contributed by atoms with Gasteiger partial charge in [0.25, 0.3) is 0 Å². The van der Waals surface area contributed by atoms with E-state index in [-0.39, 0.29) is 56.6 Å². The maximum Gasteiger partial charge on any atom is 1.00 e. The van der Waals surface area contributed by atoms with Crippen molar-refractivity contribution in [1.29, 1.82) is 0 Å². The van der Waals surface area contributed by atoms with Crippen LogP contribution in [0.3, 0.4) is 0 Å². The summed E-state index contributed by atoms with van der Waals surface area (Å²) in [6.07, 6.45) is 0. The summed E-state index contributed by atoms with van der Waals surface area (Å²) in [4.78, 5) is 38.4. The molecule has 0 aliphatic heterocycles. The Morgan fingerprint density at radius 2 is 1.00 bits per heavy atom. The zero-order valence-corrected chi connectivity index (χ0v) is 8.64. The molecule has 0 N–H and O–H groups in total. The van der Waals surface area contributed by atoms with Gasteiger partial charge < -0.3 is 29.7 Å². The van der Waals surface area contributed by atoms with Crippen LogP contribution in [0.2, 0.25) is 0 Å². The van der Waals surface area contributed by atoms with Gasteiger partial charge in [-0.3, -0.25) is 0 Å². The first kappa shape index (κ1) is 29.6. The minimum atomic E-state index is -2.19. The Labute approximate surface area is 124 Å². The SMILES string of the molecule is O=C([O-])C(=O)OF.O=C([O-])C(=O)[O-].[Li+].[Li+].[Li+]. The van der Waals surface area contributed by atoms with Crippen molar-refractivity contribution in [2.24, 2.45) is 0 Å². The Bertz CT molecular complexity index is 231. The molecule has 0 saturated carbocycles. The maximum absolute atomic E-state index is 10.4. The Morgan fingerprint density at radius 3 is 1.00 bits per heavy atom. The fourth-order valence-electron chi connectivity index (χ4n) is 0.0315. The van der Waals surface area contributed by atoms with Gasteiger partial charge in [-0.1, -0.05) is 0 Å². The second-order valence-corrected chi connectivity index (χ2v) is 1.23. The van der Waals surface area contributed by atoms with E-state index >= 15 is 0 Å². The van der Waals surface area contributed by atoms with E-state index in [4.69, 9.17) is 29.7 Å². The molecule has 0 bridgehead atoms. The van der Waals surface area contributed by atoms with Gasteiger partial charge in [0, 0.05) is 4.53 Å². The molecule has 0 aromatic carbocycles. The minimum Gasteiger partial charge on any atom is -0.543 e. The Balaban J connectivity index is -0.0000000428. The molecule has 0 fully saturated rings. The molecule has 0 heterocycles. The summed E-state index contributed by atoms with van der Waals surface area (Å²) in [5, 5.41) is 27.0. The maximum atomic E-state index is 10.4. The fraction of sp³-hybridized carbons (Fsp3) is 0. The molecule has 74 valence electrons. The zero-order valence-electron chi connectivity index (χ0n) is 8.64. The molecule has 0 spiro atoms. The fourth-order valence-corrected chi connectivity index (χ4v) is 0.0315. The van der Waals surface area contributed by atoms with E-state index in [1.54, 1.807) is 0 Å². The summed E-state index contributed by atoms with van der Waals surface area (Å²) in [5.74, 6) is -8.58. The van der Waals surface area contributed by atoms with Crippen LogP contribution in [0.1, 0.15) is 0 Å². The van der Waals surface area contributed by atoms with Gasteiger partial charge in [-0.15, -0.1) is 0 Å². The number of hydrogen-bond acceptors (Lipinski definition) is 8. The number of rotatable bonds is 0. The third kappa shape index (κ3) is 23.4. The topological polar surface area (TPSA) is 147 Å². The van der Waals surface area contributed by atoms with Gasteiger partial charge in [0.15, 0.2) is 5.97 Å². The molecule has 0 rings (SSSR count). The minimum absolute atomic E-state index is 0. The molecular formula is C4FLi3O8. The van der Waals surface area contributed by atoms with Crippen LogP contribution in [-0.2, 0) is 24.1 Å². The number of carbonyl (C=O) groups excluding carboxylic acids is 4. The number of aliphatic carboxylic acids is 3. The van der Waals surface area contributed by atoms with Gasteiger partial charge in [0.1, 0.15) is 0 Å². The van der Waals surface area contributed by atoms with E-state index in [2.05, 4.69) is 4.94 Å². The van der Waals surface area contributed by atoms with Crippen LogP contribution in [0.25, 0.3) is 0 Å². The molecular weight excluding hydrogens is 216 g/mol. The van der Waals surface area contributed by atoms with Crippen LogP contribution in [0, 0.1) is 0 Å². The molecule has 0 aliphatic rings. The molecule has 0 aliphatic carbocycles. The summed E-state index contributed by atoms with van der Waals surface area (Å²) < 4.78 is 10.4. The number of carboxylic acid groups (broad SMARTS) is 3. The molecule has 16 heavy (non-hydrogen) atoms. The molecule has 0 amide bonds. The van der Waals surface area contributed by atoms with E-state index in [9.17, 15) is 9.32 Å². The van der Waals surface area contributed by atoms with Crippen LogP contribution in [0.4, 0.5) is 4.53 Å². The van der Waals surface area contributed by atoms with E-state index in [0.29, 0.717) is 0 Å². The first-order valence-electron chi connectivity index (χ1n) is 2.29. The first-order valence-corrected chi connectivity index (χ1v) is 2.29. The third-order valence-electron chi connectivity index (χ3n) is 0.403. The van der Waals surface area contributed by atoms with Crippen molar-refractivity contribution >= 4 is 23.9 Å². The van der Waals surface area contributed by atoms with Crippen LogP contribution in [0.5, 0.6) is 0 Å². The molecule has 12 heteroatoms. The van der Waals surface area contributed by atoms with Crippen molar-refractivity contribution in [2.75, 3.05) is 0 Å². The zero-order chi connectivity index (χ0) is 11.0. The summed E-state index contributed by atoms with van der Waals surface area (Å²) in [6.45, 7) is 0. The quantitative estimate of drug-likeness (QED) is 0.286. The largest absolute Gasteiger partial charge is 1.00 e. The molecule has 0 aromatic heterocycles.